The summed E-state index contributed by atoms with van der Waals surface area (Å²) in [6, 6.07) is 0. The molecule has 0 aromatic rings. The number of unbranched alkanes of at least 4 members (excludes halogenated alkanes) is 31. The predicted octanol–water partition coefficient (Wildman–Crippen LogP) is 18.7. The smallest absolute Gasteiger partial charge is 0.462 e. The second kappa shape index (κ2) is 58.3. The molecule has 76 heavy (non-hydrogen) atoms. The number of allylic oxidation sites excluding steroid dienone is 10. The first-order chi connectivity index (χ1) is 37.2. The van der Waals surface area contributed by atoms with Gasteiger partial charge in [0.2, 0.25) is 0 Å². The van der Waals surface area contributed by atoms with E-state index in [1.807, 2.05) is 12.2 Å². The minimum atomic E-state index is -4.77. The van der Waals surface area contributed by atoms with Crippen LogP contribution in [0.5, 0.6) is 0 Å². The molecule has 0 saturated carbocycles. The highest BCUT2D eigenvalue weighted by molar-refractivity contribution is 7.47. The summed E-state index contributed by atoms with van der Waals surface area (Å²) in [5, 5.41) is 9.81. The Morgan fingerprint density at radius 1 is 0.382 bits per heavy atom. The van der Waals surface area contributed by atoms with E-state index in [-0.39, 0.29) is 25.9 Å². The number of hydrogen-bond acceptors (Lipinski definition) is 10. The van der Waals surface area contributed by atoms with Gasteiger partial charge in [0.15, 0.2) is 6.10 Å². The van der Waals surface area contributed by atoms with Crippen LogP contribution in [0.15, 0.2) is 60.8 Å². The molecule has 2 N–H and O–H groups in total. The van der Waals surface area contributed by atoms with E-state index in [9.17, 15) is 28.9 Å². The number of esters is 3. The maximum absolute atomic E-state index is 12.9. The number of aliphatic hydroxyl groups is 1. The van der Waals surface area contributed by atoms with Gasteiger partial charge in [-0.1, -0.05) is 261 Å². The van der Waals surface area contributed by atoms with E-state index < -0.39 is 57.8 Å². The minimum Gasteiger partial charge on any atom is -0.462 e. The molecule has 0 saturated heterocycles. The van der Waals surface area contributed by atoms with Crippen LogP contribution in [-0.4, -0.2) is 66.5 Å². The monoisotopic (exact) mass is 1090 g/mol. The summed E-state index contributed by atoms with van der Waals surface area (Å²) in [5.74, 6) is -1.54. The maximum atomic E-state index is 12.9. The second-order valence-corrected chi connectivity index (χ2v) is 22.3. The van der Waals surface area contributed by atoms with E-state index in [2.05, 4.69) is 69.4 Å². The zero-order chi connectivity index (χ0) is 55.5. The fourth-order valence-electron chi connectivity index (χ4n) is 8.72. The molecular formula is C64H115O11P. The Kier molecular flexibility index (Phi) is 56.2. The molecule has 0 radical (unpaired) electrons. The van der Waals surface area contributed by atoms with E-state index in [0.29, 0.717) is 19.3 Å². The van der Waals surface area contributed by atoms with E-state index in [0.717, 1.165) is 70.6 Å². The van der Waals surface area contributed by atoms with Crippen LogP contribution in [-0.2, 0) is 42.2 Å². The average Bonchev–Trinajstić information content (AvgIpc) is 3.41. The number of carbonyl (C=O) groups is 3. The van der Waals surface area contributed by atoms with Gasteiger partial charge in [-0.15, -0.1) is 0 Å². The molecule has 0 amide bonds. The van der Waals surface area contributed by atoms with Gasteiger partial charge in [-0.05, 0) is 70.6 Å². The molecular weight excluding hydrogens is 976 g/mol. The first-order valence-electron chi connectivity index (χ1n) is 31.2. The highest BCUT2D eigenvalue weighted by Crippen LogP contribution is 2.43. The number of rotatable bonds is 58. The third kappa shape index (κ3) is 55.9. The largest absolute Gasteiger partial charge is 0.472 e. The lowest BCUT2D eigenvalue weighted by molar-refractivity contribution is -0.161. The molecule has 0 spiro atoms. The third-order valence-corrected chi connectivity index (χ3v) is 14.4. The Morgan fingerprint density at radius 2 is 0.711 bits per heavy atom. The summed E-state index contributed by atoms with van der Waals surface area (Å²) in [6.07, 6.45) is 64.8. The van der Waals surface area contributed by atoms with Crippen LogP contribution in [0.3, 0.4) is 0 Å². The molecule has 0 aliphatic rings. The van der Waals surface area contributed by atoms with Gasteiger partial charge in [-0.3, -0.25) is 23.4 Å². The Balaban J connectivity index is 4.73. The lowest BCUT2D eigenvalue weighted by Crippen LogP contribution is -2.30. The molecule has 0 bridgehead atoms. The lowest BCUT2D eigenvalue weighted by Gasteiger charge is -2.21. The van der Waals surface area contributed by atoms with Gasteiger partial charge in [-0.2, -0.15) is 0 Å². The van der Waals surface area contributed by atoms with Crippen molar-refractivity contribution in [2.24, 2.45) is 0 Å². The highest BCUT2D eigenvalue weighted by Gasteiger charge is 2.28. The van der Waals surface area contributed by atoms with Gasteiger partial charge in [0.25, 0.3) is 0 Å². The van der Waals surface area contributed by atoms with Crippen molar-refractivity contribution in [2.45, 2.75) is 303 Å². The van der Waals surface area contributed by atoms with Crippen molar-refractivity contribution in [1.29, 1.82) is 0 Å². The molecule has 0 aliphatic heterocycles. The summed E-state index contributed by atoms with van der Waals surface area (Å²) < 4.78 is 39.5. The van der Waals surface area contributed by atoms with Crippen LogP contribution in [0.2, 0.25) is 0 Å². The van der Waals surface area contributed by atoms with Crippen molar-refractivity contribution in [3.05, 3.63) is 60.8 Å². The summed E-state index contributed by atoms with van der Waals surface area (Å²) in [5.41, 5.74) is 0. The Labute approximate surface area is 465 Å². The molecule has 0 rings (SSSR count). The zero-order valence-electron chi connectivity index (χ0n) is 49.0. The quantitative estimate of drug-likeness (QED) is 0.0197. The van der Waals surface area contributed by atoms with Crippen LogP contribution in [0.25, 0.3) is 0 Å². The average molecular weight is 1090 g/mol. The molecule has 442 valence electrons. The molecule has 0 aliphatic carbocycles. The molecule has 12 heteroatoms. The molecule has 3 unspecified atom stereocenters. The minimum absolute atomic E-state index is 0.0565. The number of phosphoric ester groups is 1. The molecule has 0 heterocycles. The predicted molar refractivity (Wildman–Crippen MR) is 316 cm³/mol. The van der Waals surface area contributed by atoms with E-state index >= 15 is 0 Å². The van der Waals surface area contributed by atoms with Gasteiger partial charge >= 0.3 is 25.7 Å². The van der Waals surface area contributed by atoms with Crippen molar-refractivity contribution < 1.29 is 52.2 Å². The highest BCUT2D eigenvalue weighted by atomic mass is 31.2. The van der Waals surface area contributed by atoms with Crippen LogP contribution in [0.1, 0.15) is 290 Å². The summed E-state index contributed by atoms with van der Waals surface area (Å²) in [7, 11) is -4.77. The fraction of sp³-hybridized carbons (Fsp3) is 0.797. The van der Waals surface area contributed by atoms with Crippen LogP contribution in [0.4, 0.5) is 0 Å². The van der Waals surface area contributed by atoms with Gasteiger partial charge < -0.3 is 24.2 Å². The van der Waals surface area contributed by atoms with Crippen LogP contribution < -0.4 is 0 Å². The number of aliphatic hydroxyl groups excluding tert-OH is 1. The van der Waals surface area contributed by atoms with Crippen molar-refractivity contribution in [1.82, 2.24) is 0 Å². The maximum Gasteiger partial charge on any atom is 0.472 e. The number of hydrogen-bond donors (Lipinski definition) is 2. The number of ether oxygens (including phenoxy) is 3. The van der Waals surface area contributed by atoms with E-state index in [4.69, 9.17) is 23.3 Å². The van der Waals surface area contributed by atoms with Crippen molar-refractivity contribution in [3.63, 3.8) is 0 Å². The number of phosphoric acid groups is 1. The Morgan fingerprint density at radius 3 is 1.13 bits per heavy atom. The molecule has 11 nitrogen and oxygen atoms in total. The van der Waals surface area contributed by atoms with Gasteiger partial charge in [0.05, 0.1) is 19.8 Å². The Bertz CT molecular complexity index is 1510. The fourth-order valence-corrected chi connectivity index (χ4v) is 9.50. The van der Waals surface area contributed by atoms with Gasteiger partial charge in [-0.25, -0.2) is 4.57 Å². The summed E-state index contributed by atoms with van der Waals surface area (Å²) >= 11 is 0. The molecule has 0 aromatic heterocycles. The molecule has 0 fully saturated rings. The van der Waals surface area contributed by atoms with Crippen LogP contribution >= 0.6 is 7.82 Å². The topological polar surface area (TPSA) is 155 Å². The van der Waals surface area contributed by atoms with Crippen molar-refractivity contribution in [2.75, 3.05) is 26.4 Å². The summed E-state index contributed by atoms with van der Waals surface area (Å²) in [4.78, 5) is 48.6. The normalized spacial score (nSPS) is 13.7. The van der Waals surface area contributed by atoms with Gasteiger partial charge in [0, 0.05) is 19.3 Å². The standard InChI is InChI=1S/C64H115O11P/c1-4-7-10-13-16-19-22-25-27-29-30-32-34-37-40-43-46-49-52-55-64(68)75-61(57-71-62(66)53-50-47-44-41-38-36-33-31-28-26-23-20-17-14-11-8-5-2)59-73-76(69,70)72-58-60(56-65)74-63(67)54-51-48-45-42-39-35-24-21-18-15-12-9-6-3/h9,12,18,21,26,28,35,39,45,48,60-61,65H,4-8,10-11,13-17,19-20,22-25,27,29-34,36-38,40-44,46-47,49-59H2,1-3H3,(H,69,70)/b12-9-,21-18-,28-26-,39-35-,48-45-. The first-order valence-corrected chi connectivity index (χ1v) is 32.7. The summed E-state index contributed by atoms with van der Waals surface area (Å²) in [6.45, 7) is 4.49. The first kappa shape index (κ1) is 73.2. The third-order valence-electron chi connectivity index (χ3n) is 13.4. The van der Waals surface area contributed by atoms with E-state index in [1.54, 1.807) is 0 Å². The second-order valence-electron chi connectivity index (χ2n) is 20.8. The van der Waals surface area contributed by atoms with Crippen LogP contribution in [0, 0.1) is 0 Å². The number of carbonyl (C=O) groups excluding carboxylic acids is 3. The lowest BCUT2D eigenvalue weighted by atomic mass is 10.0. The van der Waals surface area contributed by atoms with Crippen molar-refractivity contribution >= 4 is 25.7 Å². The van der Waals surface area contributed by atoms with Gasteiger partial charge in [0.1, 0.15) is 12.7 Å². The Hall–Kier alpha value is -2.82. The molecule has 3 atom stereocenters. The van der Waals surface area contributed by atoms with Crippen molar-refractivity contribution in [3.8, 4) is 0 Å². The molecule has 0 aromatic carbocycles. The van der Waals surface area contributed by atoms with E-state index in [1.165, 1.54) is 161 Å². The SMILES string of the molecule is CC/C=C\C/C=C\C/C=C\C/C=C\CCC(=O)OC(CO)COP(=O)(O)OCC(COC(=O)CCCCCCCCC/C=C\CCCCCCCC)OC(=O)CCCCCCCCCCCCCCCCCCCCC. The zero-order valence-corrected chi connectivity index (χ0v) is 49.9.